The molecular formula is C16H23ClN2O3. The molecule has 1 atom stereocenters. The molecule has 0 aromatic heterocycles. The van der Waals surface area contributed by atoms with Gasteiger partial charge in [-0.3, -0.25) is 9.59 Å². The Bertz CT molecular complexity index is 477. The minimum Gasteiger partial charge on any atom is -0.382 e. The van der Waals surface area contributed by atoms with Gasteiger partial charge in [0.2, 0.25) is 11.8 Å². The van der Waals surface area contributed by atoms with E-state index in [-0.39, 0.29) is 24.3 Å². The van der Waals surface area contributed by atoms with Crippen molar-refractivity contribution in [3.8, 4) is 0 Å². The van der Waals surface area contributed by atoms with Crippen molar-refractivity contribution in [1.82, 2.24) is 10.6 Å². The van der Waals surface area contributed by atoms with Crippen LogP contribution in [0.4, 0.5) is 0 Å². The van der Waals surface area contributed by atoms with Gasteiger partial charge in [0.15, 0.2) is 0 Å². The molecular weight excluding hydrogens is 304 g/mol. The number of rotatable bonds is 9. The van der Waals surface area contributed by atoms with Crippen molar-refractivity contribution < 1.29 is 14.3 Å². The van der Waals surface area contributed by atoms with E-state index in [9.17, 15) is 9.59 Å². The average molecular weight is 327 g/mol. The van der Waals surface area contributed by atoms with Gasteiger partial charge < -0.3 is 15.4 Å². The Hall–Kier alpha value is -1.59. The Balaban J connectivity index is 2.52. The lowest BCUT2D eigenvalue weighted by Gasteiger charge is -2.18. The number of hydrogen-bond donors (Lipinski definition) is 2. The highest BCUT2D eigenvalue weighted by atomic mass is 35.5. The topological polar surface area (TPSA) is 67.4 Å². The van der Waals surface area contributed by atoms with Crippen LogP contribution in [0.2, 0.25) is 5.02 Å². The lowest BCUT2D eigenvalue weighted by Crippen LogP contribution is -2.33. The van der Waals surface area contributed by atoms with Gasteiger partial charge in [-0.2, -0.15) is 0 Å². The zero-order chi connectivity index (χ0) is 16.4. The Morgan fingerprint density at radius 1 is 1.27 bits per heavy atom. The van der Waals surface area contributed by atoms with Crippen LogP contribution in [-0.4, -0.2) is 31.6 Å². The van der Waals surface area contributed by atoms with Crippen molar-refractivity contribution in [3.05, 3.63) is 34.9 Å². The maximum atomic E-state index is 12.0. The first-order valence-corrected chi connectivity index (χ1v) is 7.77. The highest BCUT2D eigenvalue weighted by Crippen LogP contribution is 2.19. The van der Waals surface area contributed by atoms with E-state index in [2.05, 4.69) is 10.6 Å². The molecule has 0 heterocycles. The summed E-state index contributed by atoms with van der Waals surface area (Å²) in [5.74, 6) is -0.283. The number of halogens is 1. The molecule has 1 rings (SSSR count). The molecule has 0 fully saturated rings. The van der Waals surface area contributed by atoms with Crippen LogP contribution in [0.15, 0.2) is 24.3 Å². The van der Waals surface area contributed by atoms with Crippen LogP contribution >= 0.6 is 11.6 Å². The van der Waals surface area contributed by atoms with Crippen molar-refractivity contribution in [2.75, 3.05) is 19.8 Å². The number of benzene rings is 1. The molecule has 2 amide bonds. The fraction of sp³-hybridized carbons (Fsp3) is 0.500. The molecule has 1 unspecified atom stereocenters. The van der Waals surface area contributed by atoms with Gasteiger partial charge in [-0.1, -0.05) is 23.7 Å². The molecule has 6 heteroatoms. The normalized spacial score (nSPS) is 11.8. The van der Waals surface area contributed by atoms with Gasteiger partial charge in [0, 0.05) is 31.7 Å². The summed E-state index contributed by atoms with van der Waals surface area (Å²) < 4.78 is 5.21. The summed E-state index contributed by atoms with van der Waals surface area (Å²) in [5, 5.41) is 6.24. The third kappa shape index (κ3) is 7.43. The van der Waals surface area contributed by atoms with Crippen LogP contribution < -0.4 is 10.6 Å². The number of hydrogen-bond acceptors (Lipinski definition) is 3. The van der Waals surface area contributed by atoms with Gasteiger partial charge in [0.25, 0.3) is 0 Å². The van der Waals surface area contributed by atoms with Crippen molar-refractivity contribution in [1.29, 1.82) is 0 Å². The van der Waals surface area contributed by atoms with E-state index < -0.39 is 0 Å². The number of amides is 2. The van der Waals surface area contributed by atoms with Gasteiger partial charge >= 0.3 is 0 Å². The van der Waals surface area contributed by atoms with Gasteiger partial charge in [0.05, 0.1) is 12.5 Å². The van der Waals surface area contributed by atoms with Crippen molar-refractivity contribution in [3.63, 3.8) is 0 Å². The van der Waals surface area contributed by atoms with Crippen LogP contribution in [0.5, 0.6) is 0 Å². The molecule has 0 aliphatic carbocycles. The molecule has 2 N–H and O–H groups in total. The Morgan fingerprint density at radius 2 is 1.95 bits per heavy atom. The van der Waals surface area contributed by atoms with E-state index >= 15 is 0 Å². The highest BCUT2D eigenvalue weighted by molar-refractivity contribution is 6.30. The second kappa shape index (κ2) is 10.2. The Morgan fingerprint density at radius 3 is 2.55 bits per heavy atom. The number of carbonyl (C=O) groups is 2. The molecule has 0 radical (unpaired) electrons. The van der Waals surface area contributed by atoms with E-state index in [1.807, 2.05) is 19.1 Å². The van der Waals surface area contributed by atoms with E-state index in [1.54, 1.807) is 12.1 Å². The summed E-state index contributed by atoms with van der Waals surface area (Å²) in [4.78, 5) is 23.3. The first-order chi connectivity index (χ1) is 10.5. The lowest BCUT2D eigenvalue weighted by atomic mass is 10.0. The maximum Gasteiger partial charge on any atom is 0.222 e. The monoisotopic (exact) mass is 326 g/mol. The zero-order valence-electron chi connectivity index (χ0n) is 13.0. The number of carbonyl (C=O) groups excluding carboxylic acids is 2. The minimum atomic E-state index is -0.360. The summed E-state index contributed by atoms with van der Waals surface area (Å²) in [6.07, 6.45) is 0.959. The molecule has 1 aromatic rings. The summed E-state index contributed by atoms with van der Waals surface area (Å²) in [6.45, 7) is 5.23. The van der Waals surface area contributed by atoms with Crippen LogP contribution in [0.3, 0.4) is 0 Å². The molecule has 122 valence electrons. The fourth-order valence-corrected chi connectivity index (χ4v) is 2.12. The predicted molar refractivity (Wildman–Crippen MR) is 86.7 cm³/mol. The predicted octanol–water partition coefficient (Wildman–Crippen LogP) is 2.45. The van der Waals surface area contributed by atoms with Crippen molar-refractivity contribution in [2.45, 2.75) is 32.7 Å². The van der Waals surface area contributed by atoms with Gasteiger partial charge in [-0.15, -0.1) is 0 Å². The Kier molecular flexibility index (Phi) is 8.55. The summed E-state index contributed by atoms with van der Waals surface area (Å²) in [5.41, 5.74) is 0.851. The average Bonchev–Trinajstić information content (AvgIpc) is 2.46. The van der Waals surface area contributed by atoms with Crippen molar-refractivity contribution >= 4 is 23.4 Å². The highest BCUT2D eigenvalue weighted by Gasteiger charge is 2.16. The summed E-state index contributed by atoms with van der Waals surface area (Å²) >= 11 is 5.86. The molecule has 5 nitrogen and oxygen atoms in total. The molecule has 0 aliphatic heterocycles. The molecule has 0 aliphatic rings. The van der Waals surface area contributed by atoms with Crippen LogP contribution in [0.1, 0.15) is 38.3 Å². The third-order valence-corrected chi connectivity index (χ3v) is 3.28. The first kappa shape index (κ1) is 18.5. The van der Waals surface area contributed by atoms with E-state index in [0.29, 0.717) is 24.8 Å². The SMILES string of the molecule is CCOCCCNC(=O)CC(NC(C)=O)c1ccc(Cl)cc1. The quantitative estimate of drug-likeness (QED) is 0.685. The van der Waals surface area contributed by atoms with E-state index in [1.165, 1.54) is 6.92 Å². The fourth-order valence-electron chi connectivity index (χ4n) is 2.00. The molecule has 1 aromatic carbocycles. The molecule has 0 saturated heterocycles. The van der Waals surface area contributed by atoms with E-state index in [0.717, 1.165) is 12.0 Å². The van der Waals surface area contributed by atoms with Crippen LogP contribution in [0, 0.1) is 0 Å². The second-order valence-electron chi connectivity index (χ2n) is 4.91. The van der Waals surface area contributed by atoms with Crippen LogP contribution in [-0.2, 0) is 14.3 Å². The molecule has 0 saturated carbocycles. The van der Waals surface area contributed by atoms with Crippen LogP contribution in [0.25, 0.3) is 0 Å². The zero-order valence-corrected chi connectivity index (χ0v) is 13.8. The lowest BCUT2D eigenvalue weighted by molar-refractivity contribution is -0.122. The molecule has 22 heavy (non-hydrogen) atoms. The standard InChI is InChI=1S/C16H23ClN2O3/c1-3-22-10-4-9-18-16(21)11-15(19-12(2)20)13-5-7-14(17)8-6-13/h5-8,15H,3-4,9-11H2,1-2H3,(H,18,21)(H,19,20). The Labute approximate surface area is 136 Å². The van der Waals surface area contributed by atoms with Gasteiger partial charge in [-0.05, 0) is 31.0 Å². The second-order valence-corrected chi connectivity index (χ2v) is 5.35. The first-order valence-electron chi connectivity index (χ1n) is 7.40. The number of ether oxygens (including phenoxy) is 1. The van der Waals surface area contributed by atoms with Crippen molar-refractivity contribution in [2.24, 2.45) is 0 Å². The van der Waals surface area contributed by atoms with Gasteiger partial charge in [-0.25, -0.2) is 0 Å². The smallest absolute Gasteiger partial charge is 0.222 e. The third-order valence-electron chi connectivity index (χ3n) is 3.03. The van der Waals surface area contributed by atoms with Gasteiger partial charge in [0.1, 0.15) is 0 Å². The summed E-state index contributed by atoms with van der Waals surface area (Å²) in [6, 6.07) is 6.75. The molecule has 0 spiro atoms. The largest absolute Gasteiger partial charge is 0.382 e. The number of nitrogens with one attached hydrogen (secondary N) is 2. The van der Waals surface area contributed by atoms with E-state index in [4.69, 9.17) is 16.3 Å². The summed E-state index contributed by atoms with van der Waals surface area (Å²) in [7, 11) is 0. The molecule has 0 bridgehead atoms. The minimum absolute atomic E-state index is 0.106. The maximum absolute atomic E-state index is 12.0.